The van der Waals surface area contributed by atoms with Gasteiger partial charge in [0.15, 0.2) is 0 Å². The van der Waals surface area contributed by atoms with Gasteiger partial charge in [0.1, 0.15) is 11.6 Å². The molecule has 0 saturated carbocycles. The maximum atomic E-state index is 14.0. The molecule has 4 rings (SSSR count). The Bertz CT molecular complexity index is 1130. The minimum Gasteiger partial charge on any atom is -0.497 e. The SMILES string of the molecule is COc1ccc(C2CC(c3ccc(NSc4c(F)cccc4P)cc3)=NN2C(C)=O)cc1. The van der Waals surface area contributed by atoms with E-state index in [4.69, 9.17) is 4.74 Å². The molecule has 0 radical (unpaired) electrons. The van der Waals surface area contributed by atoms with Crippen molar-refractivity contribution in [3.05, 3.63) is 83.7 Å². The minimum absolute atomic E-state index is 0.103. The molecule has 1 aliphatic heterocycles. The number of carbonyl (C=O) groups is 1. The summed E-state index contributed by atoms with van der Waals surface area (Å²) >= 11 is 1.23. The van der Waals surface area contributed by atoms with E-state index in [0.717, 1.165) is 33.6 Å². The number of hydrazone groups is 1. The average Bonchev–Trinajstić information content (AvgIpc) is 3.25. The molecule has 3 aromatic carbocycles. The minimum atomic E-state index is -0.263. The summed E-state index contributed by atoms with van der Waals surface area (Å²) in [5.74, 6) is 0.404. The van der Waals surface area contributed by atoms with Crippen molar-refractivity contribution < 1.29 is 13.9 Å². The molecule has 0 bridgehead atoms. The second-order valence-corrected chi connectivity index (χ2v) is 8.78. The molecule has 1 heterocycles. The normalized spacial score (nSPS) is 15.4. The van der Waals surface area contributed by atoms with E-state index in [1.165, 1.54) is 29.9 Å². The first kappa shape index (κ1) is 22.3. The molecular weight excluding hydrogens is 444 g/mol. The number of hydrogen-bond acceptors (Lipinski definition) is 5. The van der Waals surface area contributed by atoms with Gasteiger partial charge in [-0.25, -0.2) is 9.40 Å². The lowest BCUT2D eigenvalue weighted by Gasteiger charge is -2.20. The smallest absolute Gasteiger partial charge is 0.240 e. The Kier molecular flexibility index (Phi) is 6.77. The third-order valence-corrected chi connectivity index (χ3v) is 6.88. The van der Waals surface area contributed by atoms with Gasteiger partial charge in [0, 0.05) is 19.0 Å². The molecule has 2 unspecified atom stereocenters. The van der Waals surface area contributed by atoms with Crippen molar-refractivity contribution in [2.75, 3.05) is 11.8 Å². The number of methoxy groups -OCH3 is 1. The third-order valence-electron chi connectivity index (χ3n) is 5.22. The number of anilines is 1. The van der Waals surface area contributed by atoms with Gasteiger partial charge in [0.05, 0.1) is 23.8 Å². The van der Waals surface area contributed by atoms with Gasteiger partial charge < -0.3 is 9.46 Å². The van der Waals surface area contributed by atoms with Crippen LogP contribution in [0.1, 0.15) is 30.5 Å². The van der Waals surface area contributed by atoms with E-state index >= 15 is 0 Å². The fourth-order valence-electron chi connectivity index (χ4n) is 3.53. The van der Waals surface area contributed by atoms with Crippen LogP contribution in [0.4, 0.5) is 10.1 Å². The number of hydrogen-bond donors (Lipinski definition) is 1. The summed E-state index contributed by atoms with van der Waals surface area (Å²) in [7, 11) is 4.17. The summed E-state index contributed by atoms with van der Waals surface area (Å²) < 4.78 is 22.4. The number of rotatable bonds is 6. The molecule has 1 N–H and O–H groups in total. The Morgan fingerprint density at radius 3 is 2.50 bits per heavy atom. The molecule has 5 nitrogen and oxygen atoms in total. The highest BCUT2D eigenvalue weighted by molar-refractivity contribution is 8.01. The maximum absolute atomic E-state index is 14.0. The summed E-state index contributed by atoms with van der Waals surface area (Å²) in [5, 5.41) is 6.93. The molecule has 0 saturated heterocycles. The van der Waals surface area contributed by atoms with Crippen molar-refractivity contribution in [1.82, 2.24) is 5.01 Å². The number of ether oxygens (including phenoxy) is 1. The largest absolute Gasteiger partial charge is 0.497 e. The molecule has 0 aromatic heterocycles. The highest BCUT2D eigenvalue weighted by Crippen LogP contribution is 2.34. The van der Waals surface area contributed by atoms with Crippen molar-refractivity contribution in [2.24, 2.45) is 5.10 Å². The van der Waals surface area contributed by atoms with Gasteiger partial charge in [-0.2, -0.15) is 5.10 Å². The van der Waals surface area contributed by atoms with Crippen molar-refractivity contribution in [1.29, 1.82) is 0 Å². The quantitative estimate of drug-likeness (QED) is 0.402. The van der Waals surface area contributed by atoms with E-state index in [0.29, 0.717) is 11.3 Å². The van der Waals surface area contributed by atoms with Crippen LogP contribution in [0.3, 0.4) is 0 Å². The second kappa shape index (κ2) is 9.72. The highest BCUT2D eigenvalue weighted by atomic mass is 32.2. The first-order valence-electron chi connectivity index (χ1n) is 10.0. The Labute approximate surface area is 193 Å². The van der Waals surface area contributed by atoms with Gasteiger partial charge in [0.2, 0.25) is 5.91 Å². The highest BCUT2D eigenvalue weighted by Gasteiger charge is 2.31. The van der Waals surface area contributed by atoms with Crippen LogP contribution in [0.25, 0.3) is 0 Å². The van der Waals surface area contributed by atoms with Crippen LogP contribution in [-0.4, -0.2) is 23.7 Å². The van der Waals surface area contributed by atoms with E-state index in [2.05, 4.69) is 19.1 Å². The van der Waals surface area contributed by atoms with Gasteiger partial charge in [0.25, 0.3) is 0 Å². The van der Waals surface area contributed by atoms with Crippen molar-refractivity contribution >= 4 is 43.8 Å². The predicted molar refractivity (Wildman–Crippen MR) is 131 cm³/mol. The molecule has 0 spiro atoms. The Morgan fingerprint density at radius 2 is 1.88 bits per heavy atom. The van der Waals surface area contributed by atoms with E-state index < -0.39 is 0 Å². The number of nitrogens with zero attached hydrogens (tertiary/aromatic N) is 2. The van der Waals surface area contributed by atoms with Crippen LogP contribution in [0.15, 0.2) is 76.7 Å². The van der Waals surface area contributed by atoms with Crippen molar-refractivity contribution in [2.45, 2.75) is 24.3 Å². The lowest BCUT2D eigenvalue weighted by atomic mass is 9.98. The molecule has 8 heteroatoms. The first-order valence-corrected chi connectivity index (χ1v) is 11.4. The number of amides is 1. The number of benzene rings is 3. The monoisotopic (exact) mass is 467 g/mol. The molecule has 1 amide bonds. The van der Waals surface area contributed by atoms with Gasteiger partial charge >= 0.3 is 0 Å². The molecular formula is C24H23FN3O2PS. The molecule has 0 fully saturated rings. The van der Waals surface area contributed by atoms with Gasteiger partial charge in [-0.05, 0) is 58.7 Å². The Morgan fingerprint density at radius 1 is 1.16 bits per heavy atom. The molecule has 3 aromatic rings. The first-order chi connectivity index (χ1) is 15.5. The summed E-state index contributed by atoms with van der Waals surface area (Å²) in [4.78, 5) is 12.8. The molecule has 1 aliphatic rings. The average molecular weight is 468 g/mol. The molecule has 0 aliphatic carbocycles. The fourth-order valence-corrected chi connectivity index (χ4v) is 4.67. The number of halogens is 1. The topological polar surface area (TPSA) is 53.9 Å². The van der Waals surface area contributed by atoms with Crippen LogP contribution in [0, 0.1) is 5.82 Å². The molecule has 32 heavy (non-hydrogen) atoms. The van der Waals surface area contributed by atoms with Crippen LogP contribution < -0.4 is 14.8 Å². The lowest BCUT2D eigenvalue weighted by Crippen LogP contribution is -2.24. The van der Waals surface area contributed by atoms with Crippen LogP contribution in [-0.2, 0) is 4.79 Å². The van der Waals surface area contributed by atoms with Gasteiger partial charge in [-0.15, -0.1) is 9.24 Å². The zero-order chi connectivity index (χ0) is 22.7. The van der Waals surface area contributed by atoms with Crippen LogP contribution >= 0.6 is 21.2 Å². The van der Waals surface area contributed by atoms with Gasteiger partial charge in [-0.1, -0.05) is 36.4 Å². The van der Waals surface area contributed by atoms with Crippen molar-refractivity contribution in [3.63, 3.8) is 0 Å². The standard InChI is InChI=1S/C24H23FN3O2PS/c1-15(29)28-22(17-8-12-19(30-2)13-9-17)14-21(26-28)16-6-10-18(11-7-16)27-32-24-20(25)4-3-5-23(24)31/h3-13,22,27H,14,31H2,1-2H3. The summed E-state index contributed by atoms with van der Waals surface area (Å²) in [5.41, 5.74) is 3.65. The summed E-state index contributed by atoms with van der Waals surface area (Å²) in [6.07, 6.45) is 0.624. The van der Waals surface area contributed by atoms with Crippen LogP contribution in [0.2, 0.25) is 0 Å². The van der Waals surface area contributed by atoms with Crippen LogP contribution in [0.5, 0.6) is 5.75 Å². The zero-order valence-electron chi connectivity index (χ0n) is 17.7. The summed E-state index contributed by atoms with van der Waals surface area (Å²) in [6, 6.07) is 20.3. The fraction of sp³-hybridized carbons (Fsp3) is 0.167. The zero-order valence-corrected chi connectivity index (χ0v) is 19.7. The summed E-state index contributed by atoms with van der Waals surface area (Å²) in [6.45, 7) is 1.52. The van der Waals surface area contributed by atoms with E-state index in [1.54, 1.807) is 13.2 Å². The van der Waals surface area contributed by atoms with Crippen molar-refractivity contribution in [3.8, 4) is 5.75 Å². The van der Waals surface area contributed by atoms with E-state index in [9.17, 15) is 9.18 Å². The van der Waals surface area contributed by atoms with Gasteiger partial charge in [-0.3, -0.25) is 4.79 Å². The van der Waals surface area contributed by atoms with E-state index in [-0.39, 0.29) is 17.8 Å². The molecule has 164 valence electrons. The maximum Gasteiger partial charge on any atom is 0.240 e. The number of carbonyl (C=O) groups excluding carboxylic acids is 1. The molecule has 2 atom stereocenters. The number of nitrogens with one attached hydrogen (secondary N) is 1. The second-order valence-electron chi connectivity index (χ2n) is 7.34. The lowest BCUT2D eigenvalue weighted by molar-refractivity contribution is -0.130. The predicted octanol–water partition coefficient (Wildman–Crippen LogP) is 5.15. The Balaban J connectivity index is 1.48. The third kappa shape index (κ3) is 4.79. The Hall–Kier alpha value is -2.89. The van der Waals surface area contributed by atoms with E-state index in [1.807, 2.05) is 54.6 Å².